The third kappa shape index (κ3) is 6.89. The summed E-state index contributed by atoms with van der Waals surface area (Å²) in [6, 6.07) is 0.156. The molecule has 0 bridgehead atoms. The summed E-state index contributed by atoms with van der Waals surface area (Å²) in [6.45, 7) is 5.19. The van der Waals surface area contributed by atoms with Gasteiger partial charge in [0.25, 0.3) is 0 Å². The van der Waals surface area contributed by atoms with E-state index in [1.165, 1.54) is 12.8 Å². The molecule has 2 unspecified atom stereocenters. The molecule has 1 aliphatic rings. The van der Waals surface area contributed by atoms with Crippen LogP contribution in [0.3, 0.4) is 0 Å². The summed E-state index contributed by atoms with van der Waals surface area (Å²) in [5.41, 5.74) is 6.03. The summed E-state index contributed by atoms with van der Waals surface area (Å²) in [7, 11) is 0. The molecule has 2 amide bonds. The Morgan fingerprint density at radius 3 is 2.50 bits per heavy atom. The van der Waals surface area contributed by atoms with Gasteiger partial charge in [0.05, 0.1) is 0 Å². The van der Waals surface area contributed by atoms with Gasteiger partial charge in [0.2, 0.25) is 11.8 Å². The highest BCUT2D eigenvalue weighted by atomic mass is 16.2. The van der Waals surface area contributed by atoms with Gasteiger partial charge in [-0.2, -0.15) is 0 Å². The number of nitrogens with one attached hydrogen (secondary N) is 2. The lowest BCUT2D eigenvalue weighted by Crippen LogP contribution is -2.38. The molecule has 4 N–H and O–H groups in total. The van der Waals surface area contributed by atoms with Gasteiger partial charge in [-0.3, -0.25) is 9.59 Å². The first-order valence-electron chi connectivity index (χ1n) is 7.78. The third-order valence-electron chi connectivity index (χ3n) is 3.80. The Morgan fingerprint density at radius 2 is 1.85 bits per heavy atom. The van der Waals surface area contributed by atoms with E-state index in [0.29, 0.717) is 37.8 Å². The van der Waals surface area contributed by atoms with Gasteiger partial charge >= 0.3 is 0 Å². The molecule has 0 radical (unpaired) electrons. The Labute approximate surface area is 122 Å². The SMILES string of the molecule is CC(C)CNC(=O)CCNC(=O)CC1CCCCC1N. The fourth-order valence-electron chi connectivity index (χ4n) is 2.52. The topological polar surface area (TPSA) is 84.2 Å². The van der Waals surface area contributed by atoms with Crippen LogP contribution in [0.2, 0.25) is 0 Å². The van der Waals surface area contributed by atoms with Crippen LogP contribution in [0, 0.1) is 11.8 Å². The number of hydrogen-bond acceptors (Lipinski definition) is 3. The van der Waals surface area contributed by atoms with E-state index < -0.39 is 0 Å². The van der Waals surface area contributed by atoms with Crippen molar-refractivity contribution in [3.63, 3.8) is 0 Å². The second kappa shape index (κ2) is 8.95. The highest BCUT2D eigenvalue weighted by Gasteiger charge is 2.23. The van der Waals surface area contributed by atoms with Gasteiger partial charge in [-0.25, -0.2) is 0 Å². The molecule has 0 spiro atoms. The summed E-state index contributed by atoms with van der Waals surface area (Å²) < 4.78 is 0. The lowest BCUT2D eigenvalue weighted by molar-refractivity contribution is -0.123. The quantitative estimate of drug-likeness (QED) is 0.656. The van der Waals surface area contributed by atoms with Gasteiger partial charge in [-0.1, -0.05) is 26.7 Å². The second-order valence-electron chi connectivity index (χ2n) is 6.21. The standard InChI is InChI=1S/C15H29N3O2/c1-11(2)10-18-14(19)7-8-17-15(20)9-12-5-3-4-6-13(12)16/h11-13H,3-10,16H2,1-2H3,(H,17,20)(H,18,19). The zero-order chi connectivity index (χ0) is 15.0. The molecule has 20 heavy (non-hydrogen) atoms. The van der Waals surface area contributed by atoms with Crippen LogP contribution in [0.25, 0.3) is 0 Å². The van der Waals surface area contributed by atoms with Crippen molar-refractivity contribution in [1.29, 1.82) is 0 Å². The predicted molar refractivity (Wildman–Crippen MR) is 80.0 cm³/mol. The first-order chi connectivity index (χ1) is 9.49. The summed E-state index contributed by atoms with van der Waals surface area (Å²) in [6.07, 6.45) is 5.25. The Morgan fingerprint density at radius 1 is 1.15 bits per heavy atom. The molecule has 1 rings (SSSR count). The summed E-state index contributed by atoms with van der Waals surface area (Å²) >= 11 is 0. The van der Waals surface area contributed by atoms with Crippen molar-refractivity contribution < 1.29 is 9.59 Å². The third-order valence-corrected chi connectivity index (χ3v) is 3.80. The molecule has 1 fully saturated rings. The molecule has 1 saturated carbocycles. The van der Waals surface area contributed by atoms with E-state index in [1.54, 1.807) is 0 Å². The molecular weight excluding hydrogens is 254 g/mol. The highest BCUT2D eigenvalue weighted by molar-refractivity contribution is 5.79. The van der Waals surface area contributed by atoms with E-state index in [1.807, 2.05) is 0 Å². The van der Waals surface area contributed by atoms with Crippen molar-refractivity contribution in [2.75, 3.05) is 13.1 Å². The fourth-order valence-corrected chi connectivity index (χ4v) is 2.52. The molecular formula is C15H29N3O2. The minimum Gasteiger partial charge on any atom is -0.356 e. The van der Waals surface area contributed by atoms with Crippen molar-refractivity contribution >= 4 is 11.8 Å². The molecule has 2 atom stereocenters. The normalized spacial score (nSPS) is 22.6. The molecule has 0 heterocycles. The van der Waals surface area contributed by atoms with Gasteiger partial charge in [-0.15, -0.1) is 0 Å². The molecule has 0 aromatic heterocycles. The summed E-state index contributed by atoms with van der Waals surface area (Å²) in [4.78, 5) is 23.3. The first kappa shape index (κ1) is 17.0. The molecule has 5 heteroatoms. The molecule has 0 saturated heterocycles. The van der Waals surface area contributed by atoms with E-state index in [-0.39, 0.29) is 17.9 Å². The lowest BCUT2D eigenvalue weighted by atomic mass is 9.83. The number of rotatable bonds is 7. The first-order valence-corrected chi connectivity index (χ1v) is 7.78. The van der Waals surface area contributed by atoms with Crippen molar-refractivity contribution in [2.45, 2.75) is 58.4 Å². The van der Waals surface area contributed by atoms with Crippen LogP contribution in [0.15, 0.2) is 0 Å². The monoisotopic (exact) mass is 283 g/mol. The minimum absolute atomic E-state index is 0.00614. The largest absolute Gasteiger partial charge is 0.356 e. The highest BCUT2D eigenvalue weighted by Crippen LogP contribution is 2.25. The molecule has 0 aliphatic heterocycles. The van der Waals surface area contributed by atoms with E-state index >= 15 is 0 Å². The zero-order valence-corrected chi connectivity index (χ0v) is 12.8. The number of carbonyl (C=O) groups excluding carboxylic acids is 2. The Kier molecular flexibility index (Phi) is 7.59. The Balaban J connectivity index is 2.12. The van der Waals surface area contributed by atoms with Crippen LogP contribution < -0.4 is 16.4 Å². The van der Waals surface area contributed by atoms with E-state index in [9.17, 15) is 9.59 Å². The average molecular weight is 283 g/mol. The maximum atomic E-state index is 11.8. The number of nitrogens with two attached hydrogens (primary N) is 1. The molecule has 116 valence electrons. The average Bonchev–Trinajstić information content (AvgIpc) is 2.39. The van der Waals surface area contributed by atoms with Crippen LogP contribution in [0.4, 0.5) is 0 Å². The van der Waals surface area contributed by atoms with Crippen LogP contribution >= 0.6 is 0 Å². The smallest absolute Gasteiger partial charge is 0.221 e. The maximum absolute atomic E-state index is 11.8. The second-order valence-corrected chi connectivity index (χ2v) is 6.21. The van der Waals surface area contributed by atoms with Crippen LogP contribution in [0.1, 0.15) is 52.4 Å². The Hall–Kier alpha value is -1.10. The number of amides is 2. The Bertz CT molecular complexity index is 318. The molecule has 0 aromatic rings. The van der Waals surface area contributed by atoms with Gasteiger partial charge < -0.3 is 16.4 Å². The van der Waals surface area contributed by atoms with Gasteiger partial charge in [0.1, 0.15) is 0 Å². The van der Waals surface area contributed by atoms with Crippen LogP contribution in [-0.4, -0.2) is 30.9 Å². The lowest BCUT2D eigenvalue weighted by Gasteiger charge is -2.27. The predicted octanol–water partition coefficient (Wildman–Crippen LogP) is 1.17. The minimum atomic E-state index is -0.00614. The van der Waals surface area contributed by atoms with Crippen molar-refractivity contribution in [3.05, 3.63) is 0 Å². The van der Waals surface area contributed by atoms with Gasteiger partial charge in [0, 0.05) is 32.0 Å². The number of hydrogen-bond donors (Lipinski definition) is 3. The van der Waals surface area contributed by atoms with E-state index in [0.717, 1.165) is 12.8 Å². The van der Waals surface area contributed by atoms with Crippen molar-refractivity contribution in [1.82, 2.24) is 10.6 Å². The zero-order valence-electron chi connectivity index (χ0n) is 12.8. The van der Waals surface area contributed by atoms with Crippen molar-refractivity contribution in [3.8, 4) is 0 Å². The van der Waals surface area contributed by atoms with Crippen LogP contribution in [-0.2, 0) is 9.59 Å². The maximum Gasteiger partial charge on any atom is 0.221 e. The number of carbonyl (C=O) groups is 2. The molecule has 0 aromatic carbocycles. The fraction of sp³-hybridized carbons (Fsp3) is 0.867. The van der Waals surface area contributed by atoms with Gasteiger partial charge in [0.15, 0.2) is 0 Å². The van der Waals surface area contributed by atoms with E-state index in [2.05, 4.69) is 24.5 Å². The van der Waals surface area contributed by atoms with Crippen LogP contribution in [0.5, 0.6) is 0 Å². The molecule has 5 nitrogen and oxygen atoms in total. The van der Waals surface area contributed by atoms with E-state index in [4.69, 9.17) is 5.73 Å². The van der Waals surface area contributed by atoms with Crippen molar-refractivity contribution in [2.24, 2.45) is 17.6 Å². The summed E-state index contributed by atoms with van der Waals surface area (Å²) in [5, 5.41) is 5.65. The summed E-state index contributed by atoms with van der Waals surface area (Å²) in [5.74, 6) is 0.761. The van der Waals surface area contributed by atoms with Gasteiger partial charge in [-0.05, 0) is 24.7 Å². The molecule has 1 aliphatic carbocycles.